The summed E-state index contributed by atoms with van der Waals surface area (Å²) in [5.74, 6) is -0.0309. The molecule has 3 heterocycles. The van der Waals surface area contributed by atoms with Crippen LogP contribution in [0.5, 0.6) is 0 Å². The van der Waals surface area contributed by atoms with Crippen LogP contribution in [-0.2, 0) is 20.0 Å². The zero-order chi connectivity index (χ0) is 23.4. The van der Waals surface area contributed by atoms with E-state index in [9.17, 15) is 16.8 Å². The fourth-order valence-corrected chi connectivity index (χ4v) is 7.30. The number of primary sulfonamides is 1. The van der Waals surface area contributed by atoms with Crippen molar-refractivity contribution in [3.8, 4) is 11.1 Å². The number of sulfonamides is 2. The summed E-state index contributed by atoms with van der Waals surface area (Å²) in [5.41, 5.74) is 7.25. The van der Waals surface area contributed by atoms with E-state index in [0.29, 0.717) is 34.9 Å². The SMILES string of the molecule is Nc1nc2c(-c3ccc(S(=O)(=O)NC4CNC4)c(S(N)(=O)=O)c3C3=NCN=N3)cccc2s1. The number of amidine groups is 1. The number of fused-ring (bicyclic) bond motifs is 1. The van der Waals surface area contributed by atoms with E-state index in [2.05, 4.69) is 30.2 Å². The first-order valence-electron chi connectivity index (χ1n) is 9.66. The Morgan fingerprint density at radius 2 is 1.88 bits per heavy atom. The van der Waals surface area contributed by atoms with E-state index >= 15 is 0 Å². The van der Waals surface area contributed by atoms with Crippen LogP contribution >= 0.6 is 11.3 Å². The Morgan fingerprint density at radius 3 is 2.52 bits per heavy atom. The molecular formula is C18H18N8O4S3. The molecule has 0 amide bonds. The molecule has 33 heavy (non-hydrogen) atoms. The molecule has 0 atom stereocenters. The standard InChI is InChI=1S/C18H18N8O4S3/c19-18-24-15-11(2-1-3-12(15)31-18)10-4-5-13(33(29,30)26-9-6-21-7-9)16(32(20,27)28)14(10)17-22-8-23-25-17/h1-5,9,21,26H,6-8H2,(H2,19,24)(H2,20,27,28). The summed E-state index contributed by atoms with van der Waals surface area (Å²) in [5, 5.41) is 16.6. The summed E-state index contributed by atoms with van der Waals surface area (Å²) in [6.45, 7) is 0.849. The lowest BCUT2D eigenvalue weighted by Gasteiger charge is -2.28. The summed E-state index contributed by atoms with van der Waals surface area (Å²) < 4.78 is 55.2. The number of thiazole rings is 1. The van der Waals surface area contributed by atoms with Gasteiger partial charge in [0.05, 0.1) is 15.8 Å². The number of hydrogen-bond donors (Lipinski definition) is 4. The number of benzene rings is 2. The Labute approximate surface area is 192 Å². The summed E-state index contributed by atoms with van der Waals surface area (Å²) in [7, 11) is -8.78. The third kappa shape index (κ3) is 3.92. The molecule has 3 aromatic rings. The average molecular weight is 507 g/mol. The molecule has 15 heteroatoms. The zero-order valence-electron chi connectivity index (χ0n) is 16.9. The predicted molar refractivity (Wildman–Crippen MR) is 124 cm³/mol. The Bertz CT molecular complexity index is 1560. The Kier molecular flexibility index (Phi) is 5.26. The molecule has 172 valence electrons. The molecule has 2 aromatic carbocycles. The summed E-state index contributed by atoms with van der Waals surface area (Å²) in [6, 6.07) is 7.68. The molecule has 0 spiro atoms. The Morgan fingerprint density at radius 1 is 1.09 bits per heavy atom. The van der Waals surface area contributed by atoms with Gasteiger partial charge in [-0.25, -0.2) is 36.7 Å². The second-order valence-electron chi connectivity index (χ2n) is 7.41. The minimum absolute atomic E-state index is 0.0182. The minimum Gasteiger partial charge on any atom is -0.375 e. The van der Waals surface area contributed by atoms with Gasteiger partial charge in [0.25, 0.3) is 0 Å². The molecule has 5 rings (SSSR count). The minimum atomic E-state index is -4.55. The van der Waals surface area contributed by atoms with Crippen molar-refractivity contribution in [1.82, 2.24) is 15.0 Å². The number of azo groups is 1. The number of hydrogen-bond acceptors (Lipinski definition) is 11. The Balaban J connectivity index is 1.84. The van der Waals surface area contributed by atoms with Crippen LogP contribution in [0.25, 0.3) is 21.3 Å². The number of nitrogens with zero attached hydrogens (tertiary/aromatic N) is 4. The van der Waals surface area contributed by atoms with Crippen LogP contribution in [-0.4, -0.2) is 53.5 Å². The van der Waals surface area contributed by atoms with Crippen molar-refractivity contribution in [2.75, 3.05) is 25.5 Å². The normalized spacial score (nSPS) is 16.8. The number of rotatable bonds is 6. The average Bonchev–Trinajstić information content (AvgIpc) is 3.37. The van der Waals surface area contributed by atoms with Gasteiger partial charge < -0.3 is 11.1 Å². The second kappa shape index (κ2) is 7.89. The van der Waals surface area contributed by atoms with Gasteiger partial charge in [-0.15, -0.1) is 5.11 Å². The van der Waals surface area contributed by atoms with Crippen LogP contribution in [0.4, 0.5) is 5.13 Å². The number of aliphatic imine (C=N–C) groups is 1. The molecular weight excluding hydrogens is 488 g/mol. The lowest BCUT2D eigenvalue weighted by atomic mass is 9.98. The van der Waals surface area contributed by atoms with Gasteiger partial charge in [-0.05, 0) is 17.7 Å². The molecule has 12 nitrogen and oxygen atoms in total. The fourth-order valence-electron chi connectivity index (χ4n) is 3.70. The molecule has 0 bridgehead atoms. The van der Waals surface area contributed by atoms with Crippen molar-refractivity contribution in [1.29, 1.82) is 0 Å². The quantitative estimate of drug-likeness (QED) is 0.376. The number of nitrogen functional groups attached to an aromatic ring is 1. The molecule has 6 N–H and O–H groups in total. The van der Waals surface area contributed by atoms with Crippen LogP contribution in [0.15, 0.2) is 55.3 Å². The smallest absolute Gasteiger partial charge is 0.242 e. The summed E-state index contributed by atoms with van der Waals surface area (Å²) >= 11 is 1.27. The summed E-state index contributed by atoms with van der Waals surface area (Å²) in [6.07, 6.45) is 0. The lowest BCUT2D eigenvalue weighted by molar-refractivity contribution is 0.410. The largest absolute Gasteiger partial charge is 0.375 e. The number of anilines is 1. The van der Waals surface area contributed by atoms with E-state index < -0.39 is 29.8 Å². The highest BCUT2D eigenvalue weighted by Crippen LogP contribution is 2.39. The molecule has 1 saturated heterocycles. The predicted octanol–water partition coefficient (Wildman–Crippen LogP) is 0.613. The van der Waals surface area contributed by atoms with Gasteiger partial charge in [0.1, 0.15) is 9.79 Å². The van der Waals surface area contributed by atoms with Crippen LogP contribution in [0, 0.1) is 0 Å². The van der Waals surface area contributed by atoms with Crippen LogP contribution in [0.2, 0.25) is 0 Å². The van der Waals surface area contributed by atoms with Crippen molar-refractivity contribution in [3.63, 3.8) is 0 Å². The van der Waals surface area contributed by atoms with E-state index in [0.717, 1.165) is 4.70 Å². The molecule has 0 saturated carbocycles. The van der Waals surface area contributed by atoms with Crippen LogP contribution < -0.4 is 20.9 Å². The van der Waals surface area contributed by atoms with Gasteiger partial charge in [-0.3, -0.25) is 0 Å². The van der Waals surface area contributed by atoms with Gasteiger partial charge >= 0.3 is 0 Å². The summed E-state index contributed by atoms with van der Waals surface area (Å²) in [4.78, 5) is 7.44. The molecule has 0 unspecified atom stereocenters. The monoisotopic (exact) mass is 506 g/mol. The topological polar surface area (TPSA) is 194 Å². The number of nitrogens with one attached hydrogen (secondary N) is 2. The lowest BCUT2D eigenvalue weighted by Crippen LogP contribution is -2.56. The molecule has 2 aliphatic rings. The number of para-hydroxylation sites is 1. The zero-order valence-corrected chi connectivity index (χ0v) is 19.3. The van der Waals surface area contributed by atoms with Gasteiger partial charge in [0.15, 0.2) is 17.6 Å². The van der Waals surface area contributed by atoms with Crippen molar-refractivity contribution in [2.24, 2.45) is 20.4 Å². The maximum absolute atomic E-state index is 13.2. The molecule has 1 aromatic heterocycles. The first-order chi connectivity index (χ1) is 15.6. The maximum atomic E-state index is 13.2. The van der Waals surface area contributed by atoms with E-state index in [-0.39, 0.29) is 24.1 Å². The Hall–Kier alpha value is -2.82. The van der Waals surface area contributed by atoms with Gasteiger partial charge in [0, 0.05) is 24.7 Å². The fraction of sp³-hybridized carbons (Fsp3) is 0.222. The first-order valence-corrected chi connectivity index (χ1v) is 13.5. The van der Waals surface area contributed by atoms with Crippen molar-refractivity contribution < 1.29 is 16.8 Å². The van der Waals surface area contributed by atoms with Gasteiger partial charge in [-0.1, -0.05) is 29.5 Å². The highest BCUT2D eigenvalue weighted by Gasteiger charge is 2.34. The molecule has 2 aliphatic heterocycles. The van der Waals surface area contributed by atoms with Gasteiger partial charge in [-0.2, -0.15) is 5.11 Å². The first kappa shape index (κ1) is 22.0. The van der Waals surface area contributed by atoms with Crippen molar-refractivity contribution in [2.45, 2.75) is 15.8 Å². The van der Waals surface area contributed by atoms with Crippen molar-refractivity contribution in [3.05, 3.63) is 35.9 Å². The number of aromatic nitrogens is 1. The van der Waals surface area contributed by atoms with Crippen molar-refractivity contribution >= 4 is 52.6 Å². The molecule has 0 aliphatic carbocycles. The van der Waals surface area contributed by atoms with E-state index in [1.54, 1.807) is 12.1 Å². The van der Waals surface area contributed by atoms with Crippen LogP contribution in [0.3, 0.4) is 0 Å². The second-order valence-corrected chi connectivity index (χ2v) is 11.6. The van der Waals surface area contributed by atoms with E-state index in [4.69, 9.17) is 10.9 Å². The number of nitrogens with two attached hydrogens (primary N) is 2. The third-order valence-electron chi connectivity index (χ3n) is 5.20. The third-order valence-corrected chi connectivity index (χ3v) is 8.73. The molecule has 0 radical (unpaired) electrons. The van der Waals surface area contributed by atoms with Gasteiger partial charge in [0.2, 0.25) is 20.0 Å². The maximum Gasteiger partial charge on any atom is 0.242 e. The van der Waals surface area contributed by atoms with Crippen LogP contribution in [0.1, 0.15) is 5.56 Å². The molecule has 1 fully saturated rings. The van der Waals surface area contributed by atoms with E-state index in [1.807, 2.05) is 6.07 Å². The highest BCUT2D eigenvalue weighted by atomic mass is 32.2. The highest BCUT2D eigenvalue weighted by molar-refractivity contribution is 7.92. The van der Waals surface area contributed by atoms with E-state index in [1.165, 1.54) is 23.5 Å².